The second-order valence-corrected chi connectivity index (χ2v) is 10.2. The van der Waals surface area contributed by atoms with E-state index in [9.17, 15) is 26.3 Å². The largest absolute Gasteiger partial charge is 0.493 e. The van der Waals surface area contributed by atoms with Gasteiger partial charge in [-0.15, -0.1) is 0 Å². The van der Waals surface area contributed by atoms with Crippen molar-refractivity contribution in [1.29, 1.82) is 0 Å². The van der Waals surface area contributed by atoms with Crippen molar-refractivity contribution < 1.29 is 40.6 Å². The third kappa shape index (κ3) is 7.93. The van der Waals surface area contributed by atoms with Gasteiger partial charge in [0.25, 0.3) is 0 Å². The lowest BCUT2D eigenvalue weighted by molar-refractivity contribution is -0.224. The Morgan fingerprint density at radius 1 is 0.833 bits per heavy atom. The maximum atomic E-state index is 14.5. The van der Waals surface area contributed by atoms with Crippen LogP contribution in [-0.4, -0.2) is 25.4 Å². The van der Waals surface area contributed by atoms with Crippen LogP contribution < -0.4 is 9.47 Å². The highest BCUT2D eigenvalue weighted by molar-refractivity contribution is 5.44. The van der Waals surface area contributed by atoms with E-state index in [0.29, 0.717) is 30.7 Å². The molecule has 0 aliphatic heterocycles. The van der Waals surface area contributed by atoms with Crippen LogP contribution in [0.3, 0.4) is 0 Å². The number of hydrogen-bond acceptors (Lipinski definition) is 3. The monoisotopic (exact) mass is 524 g/mol. The van der Waals surface area contributed by atoms with Gasteiger partial charge in [-0.05, 0) is 75.3 Å². The van der Waals surface area contributed by atoms with E-state index < -0.39 is 41.8 Å². The van der Waals surface area contributed by atoms with Crippen molar-refractivity contribution in [2.45, 2.75) is 103 Å². The van der Waals surface area contributed by atoms with E-state index in [0.717, 1.165) is 24.8 Å². The Bertz CT molecular complexity index is 812. The van der Waals surface area contributed by atoms with E-state index in [-0.39, 0.29) is 12.7 Å². The smallest absolute Gasteiger partial charge is 0.422 e. The van der Waals surface area contributed by atoms with Crippen LogP contribution in [0.5, 0.6) is 11.5 Å². The zero-order valence-electron chi connectivity index (χ0n) is 21.1. The molecule has 0 bridgehead atoms. The third-order valence-corrected chi connectivity index (χ3v) is 7.64. The molecule has 2 aliphatic rings. The minimum absolute atomic E-state index is 0.144. The van der Waals surface area contributed by atoms with Crippen molar-refractivity contribution in [2.75, 3.05) is 13.2 Å². The summed E-state index contributed by atoms with van der Waals surface area (Å²) < 4.78 is 97.6. The first-order valence-corrected chi connectivity index (χ1v) is 13.2. The fourth-order valence-electron chi connectivity index (χ4n) is 5.73. The van der Waals surface area contributed by atoms with Gasteiger partial charge in [-0.2, -0.15) is 22.0 Å². The van der Waals surface area contributed by atoms with Gasteiger partial charge in [-0.1, -0.05) is 39.0 Å². The Balaban J connectivity index is 1.48. The van der Waals surface area contributed by atoms with Crippen LogP contribution in [0.1, 0.15) is 90.0 Å². The molecule has 3 rings (SSSR count). The number of alkyl halides is 5. The van der Waals surface area contributed by atoms with Gasteiger partial charge < -0.3 is 14.2 Å². The molecule has 0 saturated heterocycles. The van der Waals surface area contributed by atoms with Gasteiger partial charge in [-0.3, -0.25) is 0 Å². The molecule has 0 N–H and O–H groups in total. The number of rotatable bonds is 11. The molecule has 206 valence electrons. The van der Waals surface area contributed by atoms with Crippen molar-refractivity contribution in [2.24, 2.45) is 17.8 Å². The van der Waals surface area contributed by atoms with Crippen molar-refractivity contribution in [1.82, 2.24) is 0 Å². The van der Waals surface area contributed by atoms with Gasteiger partial charge in [0.05, 0.1) is 12.7 Å². The van der Waals surface area contributed by atoms with Crippen molar-refractivity contribution in [3.63, 3.8) is 0 Å². The van der Waals surface area contributed by atoms with Crippen LogP contribution in [0.2, 0.25) is 0 Å². The number of hydrogen-bond donors (Lipinski definition) is 0. The summed E-state index contributed by atoms with van der Waals surface area (Å²) in [6, 6.07) is 1.49. The molecule has 2 saturated carbocycles. The van der Waals surface area contributed by atoms with Gasteiger partial charge in [0.1, 0.15) is 11.3 Å². The summed E-state index contributed by atoms with van der Waals surface area (Å²) in [5.41, 5.74) is -1.77. The zero-order valence-corrected chi connectivity index (χ0v) is 21.1. The first kappa shape index (κ1) is 28.9. The maximum Gasteiger partial charge on any atom is 0.422 e. The summed E-state index contributed by atoms with van der Waals surface area (Å²) in [6.45, 7) is 2.35. The van der Waals surface area contributed by atoms with E-state index >= 15 is 0 Å². The van der Waals surface area contributed by atoms with Gasteiger partial charge in [0, 0.05) is 0 Å². The lowest BCUT2D eigenvalue weighted by Gasteiger charge is -2.38. The molecule has 0 unspecified atom stereocenters. The quantitative estimate of drug-likeness (QED) is 0.271. The molecule has 2 aliphatic carbocycles. The SMILES string of the molecule is CCCCC1CCC(C2CCC(OCC(F)(F)Oc3ccc(OCC)c(C(F)(F)F)c3F)CC2)CC1. The lowest BCUT2D eigenvalue weighted by Crippen LogP contribution is -2.35. The normalized spacial score (nSPS) is 25.6. The molecule has 2 fully saturated rings. The predicted molar refractivity (Wildman–Crippen MR) is 125 cm³/mol. The molecule has 0 radical (unpaired) electrons. The van der Waals surface area contributed by atoms with E-state index in [4.69, 9.17) is 9.47 Å². The van der Waals surface area contributed by atoms with Gasteiger partial charge in [0.15, 0.2) is 18.2 Å². The Kier molecular flexibility index (Phi) is 10.2. The molecule has 3 nitrogen and oxygen atoms in total. The van der Waals surface area contributed by atoms with Crippen molar-refractivity contribution >= 4 is 0 Å². The van der Waals surface area contributed by atoms with Crippen LogP contribution in [0.25, 0.3) is 0 Å². The molecule has 0 aromatic heterocycles. The molecule has 1 aromatic rings. The standard InChI is InChI=1S/C27H38F6O3/c1-3-5-6-18-7-9-19(10-8-18)20-11-13-21(14-12-20)35-17-26(29,30)36-23-16-15-22(34-4-2)24(25(23)28)27(31,32)33/h15-16,18-21H,3-14,17H2,1-2H3. The van der Waals surface area contributed by atoms with Gasteiger partial charge in [-0.25, -0.2) is 4.39 Å². The number of ether oxygens (including phenoxy) is 3. The molecule has 9 heteroatoms. The molecular formula is C27H38F6O3. The van der Waals surface area contributed by atoms with Crippen LogP contribution in [0.4, 0.5) is 26.3 Å². The number of benzene rings is 1. The van der Waals surface area contributed by atoms with E-state index in [1.165, 1.54) is 51.9 Å². The molecular weight excluding hydrogens is 486 g/mol. The van der Waals surface area contributed by atoms with E-state index in [2.05, 4.69) is 11.7 Å². The van der Waals surface area contributed by atoms with E-state index in [1.54, 1.807) is 0 Å². The lowest BCUT2D eigenvalue weighted by atomic mass is 9.70. The highest BCUT2D eigenvalue weighted by Gasteiger charge is 2.42. The summed E-state index contributed by atoms with van der Waals surface area (Å²) in [5.74, 6) is -1.78. The minimum Gasteiger partial charge on any atom is -0.493 e. The Hall–Kier alpha value is -1.64. The van der Waals surface area contributed by atoms with E-state index in [1.807, 2.05) is 0 Å². The second kappa shape index (κ2) is 12.7. The molecule has 0 heterocycles. The summed E-state index contributed by atoms with van der Waals surface area (Å²) in [5, 5.41) is 0. The topological polar surface area (TPSA) is 27.7 Å². The third-order valence-electron chi connectivity index (χ3n) is 7.64. The molecule has 36 heavy (non-hydrogen) atoms. The van der Waals surface area contributed by atoms with Crippen molar-refractivity contribution in [3.8, 4) is 11.5 Å². The Morgan fingerprint density at radius 2 is 1.42 bits per heavy atom. The first-order chi connectivity index (χ1) is 17.0. The fraction of sp³-hybridized carbons (Fsp3) is 0.778. The second-order valence-electron chi connectivity index (χ2n) is 10.2. The average molecular weight is 525 g/mol. The minimum atomic E-state index is -5.13. The molecule has 0 atom stereocenters. The fourth-order valence-corrected chi connectivity index (χ4v) is 5.73. The Labute approximate surface area is 209 Å². The number of unbranched alkanes of at least 4 members (excludes halogenated alkanes) is 1. The Morgan fingerprint density at radius 3 is 1.97 bits per heavy atom. The molecule has 0 amide bonds. The van der Waals surface area contributed by atoms with Crippen LogP contribution in [-0.2, 0) is 10.9 Å². The van der Waals surface area contributed by atoms with Crippen LogP contribution in [0.15, 0.2) is 12.1 Å². The summed E-state index contributed by atoms with van der Waals surface area (Å²) in [7, 11) is 0. The summed E-state index contributed by atoms with van der Waals surface area (Å²) in [4.78, 5) is 0. The van der Waals surface area contributed by atoms with Gasteiger partial charge in [0.2, 0.25) is 0 Å². The number of halogens is 6. The predicted octanol–water partition coefficient (Wildman–Crippen LogP) is 8.79. The first-order valence-electron chi connectivity index (χ1n) is 13.2. The van der Waals surface area contributed by atoms with Crippen LogP contribution >= 0.6 is 0 Å². The van der Waals surface area contributed by atoms with Crippen molar-refractivity contribution in [3.05, 3.63) is 23.5 Å². The highest BCUT2D eigenvalue weighted by Crippen LogP contribution is 2.43. The van der Waals surface area contributed by atoms with Crippen LogP contribution in [0, 0.1) is 23.6 Å². The summed E-state index contributed by atoms with van der Waals surface area (Å²) >= 11 is 0. The zero-order chi connectivity index (χ0) is 26.3. The highest BCUT2D eigenvalue weighted by atomic mass is 19.4. The molecule has 0 spiro atoms. The summed E-state index contributed by atoms with van der Waals surface area (Å²) in [6.07, 6.45) is 2.56. The molecule has 1 aromatic carbocycles. The maximum absolute atomic E-state index is 14.5. The van der Waals surface area contributed by atoms with Gasteiger partial charge >= 0.3 is 12.3 Å². The average Bonchev–Trinajstić information content (AvgIpc) is 2.83.